The van der Waals surface area contributed by atoms with Crippen molar-refractivity contribution in [2.45, 2.75) is 51.9 Å². The molecule has 1 unspecified atom stereocenters. The van der Waals surface area contributed by atoms with Crippen LogP contribution in [0.2, 0.25) is 5.02 Å². The molecule has 2 aromatic carbocycles. The quantitative estimate of drug-likeness (QED) is 0.199. The molecule has 0 bridgehead atoms. The largest absolute Gasteiger partial charge is 0.490 e. The van der Waals surface area contributed by atoms with Crippen LogP contribution in [0.1, 0.15) is 49.5 Å². The van der Waals surface area contributed by atoms with Gasteiger partial charge in [-0.3, -0.25) is 14.9 Å². The summed E-state index contributed by atoms with van der Waals surface area (Å²) in [6.45, 7) is 5.31. The molecular weight excluding hydrogens is 520 g/mol. The predicted octanol–water partition coefficient (Wildman–Crippen LogP) is 4.33. The van der Waals surface area contributed by atoms with Gasteiger partial charge in [0.15, 0.2) is 5.02 Å². The Hall–Kier alpha value is -4.06. The van der Waals surface area contributed by atoms with Crippen molar-refractivity contribution in [3.63, 3.8) is 0 Å². The number of nitrogens with one attached hydrogen (secondary N) is 2. The first-order valence-corrected chi connectivity index (χ1v) is 12.1. The van der Waals surface area contributed by atoms with E-state index in [2.05, 4.69) is 10.6 Å². The zero-order chi connectivity index (χ0) is 28.3. The van der Waals surface area contributed by atoms with E-state index in [9.17, 15) is 24.5 Å². The Morgan fingerprint density at radius 3 is 2.42 bits per heavy atom. The lowest BCUT2D eigenvalue weighted by Gasteiger charge is -2.24. The Morgan fingerprint density at radius 1 is 1.13 bits per heavy atom. The van der Waals surface area contributed by atoms with Crippen molar-refractivity contribution >= 4 is 35.4 Å². The van der Waals surface area contributed by atoms with Crippen molar-refractivity contribution in [1.29, 1.82) is 0 Å². The minimum atomic E-state index is -0.900. The van der Waals surface area contributed by atoms with Crippen molar-refractivity contribution in [2.75, 3.05) is 13.2 Å². The number of hydrogen-bond acceptors (Lipinski definition) is 8. The van der Waals surface area contributed by atoms with Crippen molar-refractivity contribution in [3.05, 3.63) is 68.7 Å². The number of ether oxygens (including phenoxy) is 3. The molecule has 0 heterocycles. The molecule has 206 valence electrons. The van der Waals surface area contributed by atoms with Gasteiger partial charge in [0.05, 0.1) is 11.0 Å². The summed E-state index contributed by atoms with van der Waals surface area (Å²) in [5, 5.41) is 16.3. The second kappa shape index (κ2) is 14.0. The van der Waals surface area contributed by atoms with Crippen molar-refractivity contribution < 1.29 is 33.5 Å². The maximum Gasteiger partial charge on any atom is 0.407 e. The van der Waals surface area contributed by atoms with Gasteiger partial charge in [-0.05, 0) is 45.2 Å². The molecule has 13 heteroatoms. The SMILES string of the molecule is CC(C)(C)OC(=O)NC(CCCNC(=O)OCc1ccccc1)COc1cc(C(N)=O)cc([N+](=O)[O-])c1Cl. The molecule has 3 amide bonds. The fraction of sp³-hybridized carbons (Fsp3) is 0.400. The summed E-state index contributed by atoms with van der Waals surface area (Å²) in [5.74, 6) is -1.04. The molecule has 2 rings (SSSR count). The van der Waals surface area contributed by atoms with E-state index in [0.29, 0.717) is 12.8 Å². The number of benzene rings is 2. The summed E-state index contributed by atoms with van der Waals surface area (Å²) in [5.41, 5.74) is 4.65. The summed E-state index contributed by atoms with van der Waals surface area (Å²) in [6.07, 6.45) is -0.555. The van der Waals surface area contributed by atoms with Crippen LogP contribution in [0.3, 0.4) is 0 Å². The van der Waals surface area contributed by atoms with Gasteiger partial charge in [0.1, 0.15) is 24.6 Å². The smallest absolute Gasteiger partial charge is 0.407 e. The second-order valence-corrected chi connectivity index (χ2v) is 9.59. The van der Waals surface area contributed by atoms with Crippen LogP contribution in [-0.2, 0) is 16.1 Å². The minimum Gasteiger partial charge on any atom is -0.490 e. The van der Waals surface area contributed by atoms with Crippen LogP contribution in [0, 0.1) is 10.1 Å². The standard InChI is InChI=1S/C25H31ClN4O8/c1-25(2,3)38-24(33)29-18(10-7-11-28-23(32)37-14-16-8-5-4-6-9-16)15-36-20-13-17(22(27)31)12-19(21(20)26)30(34)35/h4-6,8-9,12-13,18H,7,10-11,14-15H2,1-3H3,(H2,27,31)(H,28,32)(H,29,33). The molecule has 0 saturated carbocycles. The van der Waals surface area contributed by atoms with Crippen LogP contribution in [0.4, 0.5) is 15.3 Å². The number of nitro groups is 1. The van der Waals surface area contributed by atoms with Gasteiger partial charge >= 0.3 is 12.2 Å². The Kier molecular flexibility index (Phi) is 11.1. The third-order valence-corrected chi connectivity index (χ3v) is 5.25. The number of nitro benzene ring substituents is 1. The average molecular weight is 551 g/mol. The number of halogens is 1. The molecule has 2 aromatic rings. The molecule has 0 aliphatic carbocycles. The average Bonchev–Trinajstić information content (AvgIpc) is 2.83. The molecule has 0 saturated heterocycles. The summed E-state index contributed by atoms with van der Waals surface area (Å²) < 4.78 is 16.1. The van der Waals surface area contributed by atoms with E-state index in [4.69, 9.17) is 31.5 Å². The molecule has 0 aliphatic rings. The molecule has 4 N–H and O–H groups in total. The molecule has 0 aliphatic heterocycles. The lowest BCUT2D eigenvalue weighted by molar-refractivity contribution is -0.384. The van der Waals surface area contributed by atoms with E-state index in [0.717, 1.165) is 11.6 Å². The molecule has 0 spiro atoms. The number of hydrogen-bond donors (Lipinski definition) is 3. The number of carbonyl (C=O) groups excluding carboxylic acids is 3. The molecule has 0 fully saturated rings. The monoisotopic (exact) mass is 550 g/mol. The zero-order valence-corrected chi connectivity index (χ0v) is 22.1. The topological polar surface area (TPSA) is 172 Å². The van der Waals surface area contributed by atoms with E-state index >= 15 is 0 Å². The fourth-order valence-electron chi connectivity index (χ4n) is 3.14. The number of carbonyl (C=O) groups is 3. The van der Waals surface area contributed by atoms with Gasteiger partial charge in [-0.1, -0.05) is 41.9 Å². The first-order valence-electron chi connectivity index (χ1n) is 11.7. The summed E-state index contributed by atoms with van der Waals surface area (Å²) in [4.78, 5) is 46.5. The number of nitrogens with two attached hydrogens (primary N) is 1. The van der Waals surface area contributed by atoms with Gasteiger partial charge in [0.25, 0.3) is 5.69 Å². The second-order valence-electron chi connectivity index (χ2n) is 9.21. The maximum atomic E-state index is 12.3. The van der Waals surface area contributed by atoms with Crippen LogP contribution in [0.5, 0.6) is 5.75 Å². The highest BCUT2D eigenvalue weighted by Crippen LogP contribution is 2.35. The Balaban J connectivity index is 2.00. The summed E-state index contributed by atoms with van der Waals surface area (Å²) in [6, 6.07) is 10.7. The van der Waals surface area contributed by atoms with Gasteiger partial charge in [-0.15, -0.1) is 0 Å². The minimum absolute atomic E-state index is 0.126. The van der Waals surface area contributed by atoms with Crippen LogP contribution in [0.25, 0.3) is 0 Å². The van der Waals surface area contributed by atoms with Gasteiger partial charge in [-0.2, -0.15) is 0 Å². The Labute approximate surface area is 224 Å². The fourth-order valence-corrected chi connectivity index (χ4v) is 3.37. The van der Waals surface area contributed by atoms with Crippen LogP contribution in [0.15, 0.2) is 42.5 Å². The van der Waals surface area contributed by atoms with Crippen LogP contribution < -0.4 is 21.1 Å². The van der Waals surface area contributed by atoms with E-state index in [1.165, 1.54) is 6.07 Å². The lowest BCUT2D eigenvalue weighted by Crippen LogP contribution is -2.42. The Morgan fingerprint density at radius 2 is 1.82 bits per heavy atom. The van der Waals surface area contributed by atoms with E-state index < -0.39 is 40.3 Å². The predicted molar refractivity (Wildman–Crippen MR) is 139 cm³/mol. The van der Waals surface area contributed by atoms with Gasteiger partial charge < -0.3 is 30.6 Å². The molecule has 12 nitrogen and oxygen atoms in total. The Bertz CT molecular complexity index is 1140. The summed E-state index contributed by atoms with van der Waals surface area (Å²) in [7, 11) is 0. The van der Waals surface area contributed by atoms with Gasteiger partial charge in [0, 0.05) is 18.2 Å². The molecular formula is C25H31ClN4O8. The maximum absolute atomic E-state index is 12.3. The molecule has 38 heavy (non-hydrogen) atoms. The highest BCUT2D eigenvalue weighted by atomic mass is 35.5. The lowest BCUT2D eigenvalue weighted by atomic mass is 10.1. The number of alkyl carbamates (subject to hydrolysis) is 2. The van der Waals surface area contributed by atoms with E-state index in [1.807, 2.05) is 30.3 Å². The van der Waals surface area contributed by atoms with Gasteiger partial charge in [0.2, 0.25) is 5.91 Å². The first kappa shape index (κ1) is 30.2. The number of amides is 3. The number of rotatable bonds is 12. The highest BCUT2D eigenvalue weighted by Gasteiger charge is 2.24. The normalized spacial score (nSPS) is 11.7. The van der Waals surface area contributed by atoms with E-state index in [1.54, 1.807) is 20.8 Å². The third-order valence-electron chi connectivity index (χ3n) is 4.87. The highest BCUT2D eigenvalue weighted by molar-refractivity contribution is 6.34. The van der Waals surface area contributed by atoms with Gasteiger partial charge in [-0.25, -0.2) is 9.59 Å². The summed E-state index contributed by atoms with van der Waals surface area (Å²) >= 11 is 6.10. The third kappa shape index (κ3) is 10.5. The van der Waals surface area contributed by atoms with Crippen molar-refractivity contribution in [2.24, 2.45) is 5.73 Å². The van der Waals surface area contributed by atoms with Crippen LogP contribution in [-0.4, -0.2) is 47.8 Å². The van der Waals surface area contributed by atoms with E-state index in [-0.39, 0.29) is 36.1 Å². The van der Waals surface area contributed by atoms with Crippen LogP contribution >= 0.6 is 11.6 Å². The van der Waals surface area contributed by atoms with Crippen molar-refractivity contribution in [1.82, 2.24) is 10.6 Å². The molecule has 1 atom stereocenters. The first-order chi connectivity index (χ1) is 17.9. The number of primary amides is 1. The number of nitrogens with zero attached hydrogens (tertiary/aromatic N) is 1. The molecule has 0 radical (unpaired) electrons. The van der Waals surface area contributed by atoms with Crippen molar-refractivity contribution in [3.8, 4) is 5.75 Å². The molecule has 0 aromatic heterocycles. The zero-order valence-electron chi connectivity index (χ0n) is 21.3.